The molecule has 2 saturated heterocycles. The molecule has 7 rings (SSSR count). The number of para-hydroxylation sites is 2. The van der Waals surface area contributed by atoms with Crippen LogP contribution in [0.15, 0.2) is 66.3 Å². The van der Waals surface area contributed by atoms with Gasteiger partial charge in [0, 0.05) is 45.3 Å². The Labute approximate surface area is 370 Å². The molecule has 0 saturated carbocycles. The number of anilines is 1. The number of ether oxygens (including phenoxy) is 3. The van der Waals surface area contributed by atoms with Gasteiger partial charge < -0.3 is 44.7 Å². The van der Waals surface area contributed by atoms with E-state index in [-0.39, 0.29) is 70.5 Å². The number of fused-ring (bicyclic) bond motifs is 3. The average Bonchev–Trinajstić information content (AvgIpc) is 4.00. The molecule has 2 aromatic carbocycles. The summed E-state index contributed by atoms with van der Waals surface area (Å²) in [7, 11) is 0. The Morgan fingerprint density at radius 3 is 2.29 bits per heavy atom. The normalized spacial score (nSPS) is 17.9. The standard InChI is InChI=1S/C45H57N9O8S/c1-29(31-10-12-32(13-11-31)40-30(2)46-28-63-40)47-42(58)36-24-33(55)25-54(36)43(59)41(45(3,4)5)50-38(56)26-61-22-20-60-21-23-62-27-39(57)52-18-16-51(17-19-52)37-14-15-53-35-9-7-6-8-34(35)48-44(53)49-37/h6-15,28-29,33,36,41,55H,16-27H2,1-5H3,(H,47,58)(H,50,56). The molecule has 0 bridgehead atoms. The molecule has 0 aliphatic carbocycles. The lowest BCUT2D eigenvalue weighted by atomic mass is 9.85. The fourth-order valence-corrected chi connectivity index (χ4v) is 8.68. The number of thiazole rings is 1. The zero-order chi connectivity index (χ0) is 44.7. The third-order valence-corrected chi connectivity index (χ3v) is 12.4. The molecule has 3 N–H and O–H groups in total. The minimum atomic E-state index is -0.981. The first-order chi connectivity index (χ1) is 30.3. The van der Waals surface area contributed by atoms with Crippen molar-refractivity contribution in [2.45, 2.75) is 65.3 Å². The van der Waals surface area contributed by atoms with Crippen LogP contribution in [0.4, 0.5) is 5.82 Å². The van der Waals surface area contributed by atoms with Gasteiger partial charge in [0.1, 0.15) is 31.1 Å². The molecule has 17 nitrogen and oxygen atoms in total. The number of carbonyl (C=O) groups is 4. The van der Waals surface area contributed by atoms with E-state index in [1.165, 1.54) is 4.90 Å². The van der Waals surface area contributed by atoms with Crippen LogP contribution in [-0.4, -0.2) is 148 Å². The number of hydrogen-bond acceptors (Lipinski definition) is 13. The fourth-order valence-electron chi connectivity index (χ4n) is 7.87. The maximum Gasteiger partial charge on any atom is 0.248 e. The number of rotatable bonds is 17. The van der Waals surface area contributed by atoms with Crippen LogP contribution in [0.1, 0.15) is 51.4 Å². The third kappa shape index (κ3) is 11.2. The average molecular weight is 884 g/mol. The van der Waals surface area contributed by atoms with E-state index in [9.17, 15) is 24.3 Å². The van der Waals surface area contributed by atoms with Gasteiger partial charge in [-0.1, -0.05) is 57.2 Å². The van der Waals surface area contributed by atoms with Gasteiger partial charge >= 0.3 is 0 Å². The Balaban J connectivity index is 0.776. The number of piperazine rings is 1. The molecular weight excluding hydrogens is 827 g/mol. The van der Waals surface area contributed by atoms with E-state index in [1.807, 2.05) is 105 Å². The van der Waals surface area contributed by atoms with E-state index in [1.54, 1.807) is 16.2 Å². The highest BCUT2D eigenvalue weighted by Crippen LogP contribution is 2.30. The molecule has 3 aromatic heterocycles. The van der Waals surface area contributed by atoms with Crippen LogP contribution >= 0.6 is 11.3 Å². The zero-order valence-electron chi connectivity index (χ0n) is 36.5. The van der Waals surface area contributed by atoms with E-state index in [4.69, 9.17) is 19.2 Å². The molecule has 4 amide bonds. The second kappa shape index (κ2) is 20.3. The lowest BCUT2D eigenvalue weighted by Crippen LogP contribution is -2.58. The molecule has 5 aromatic rings. The van der Waals surface area contributed by atoms with Crippen molar-refractivity contribution in [3.63, 3.8) is 0 Å². The van der Waals surface area contributed by atoms with Gasteiger partial charge in [0.2, 0.25) is 29.4 Å². The number of benzene rings is 2. The minimum Gasteiger partial charge on any atom is -0.391 e. The van der Waals surface area contributed by atoms with E-state index in [0.717, 1.165) is 38.5 Å². The summed E-state index contributed by atoms with van der Waals surface area (Å²) in [5, 5.41) is 16.4. The molecule has 18 heteroatoms. The van der Waals surface area contributed by atoms with Gasteiger partial charge in [-0.25, -0.2) is 9.97 Å². The van der Waals surface area contributed by atoms with Crippen molar-refractivity contribution in [2.75, 3.05) is 77.3 Å². The summed E-state index contributed by atoms with van der Waals surface area (Å²) in [6, 6.07) is 15.6. The van der Waals surface area contributed by atoms with Crippen molar-refractivity contribution in [3.8, 4) is 10.4 Å². The van der Waals surface area contributed by atoms with Crippen molar-refractivity contribution in [1.29, 1.82) is 0 Å². The Bertz CT molecular complexity index is 2370. The highest BCUT2D eigenvalue weighted by molar-refractivity contribution is 7.13. The number of carbonyl (C=O) groups excluding carboxylic acids is 4. The number of nitrogens with zero attached hydrogens (tertiary/aromatic N) is 7. The molecular formula is C45H57N9O8S. The first-order valence-electron chi connectivity index (χ1n) is 21.4. The number of imidazole rings is 1. The Kier molecular flexibility index (Phi) is 14.7. The molecule has 0 spiro atoms. The molecule has 63 heavy (non-hydrogen) atoms. The summed E-state index contributed by atoms with van der Waals surface area (Å²) in [5.41, 5.74) is 5.90. The summed E-state index contributed by atoms with van der Waals surface area (Å²) in [4.78, 5) is 73.5. The zero-order valence-corrected chi connectivity index (χ0v) is 37.3. The van der Waals surface area contributed by atoms with Crippen molar-refractivity contribution >= 4 is 57.6 Å². The molecule has 2 aliphatic heterocycles. The smallest absolute Gasteiger partial charge is 0.248 e. The second-order valence-corrected chi connectivity index (χ2v) is 17.9. The van der Waals surface area contributed by atoms with Crippen LogP contribution in [0.2, 0.25) is 0 Å². The van der Waals surface area contributed by atoms with Gasteiger partial charge in [-0.05, 0) is 48.6 Å². The number of nitrogens with one attached hydrogen (secondary N) is 2. The van der Waals surface area contributed by atoms with E-state index >= 15 is 0 Å². The van der Waals surface area contributed by atoms with Gasteiger partial charge in [-0.3, -0.25) is 23.6 Å². The maximum atomic E-state index is 14.0. The number of β-amino-alcohol motifs (C(OH)–C–C–N with tert-alkyl or cyclic N) is 1. The number of aliphatic hydroxyl groups excluding tert-OH is 1. The molecule has 4 unspecified atom stereocenters. The second-order valence-electron chi connectivity index (χ2n) is 17.0. The van der Waals surface area contributed by atoms with Gasteiger partial charge in [0.25, 0.3) is 0 Å². The highest BCUT2D eigenvalue weighted by atomic mass is 32.1. The van der Waals surface area contributed by atoms with Crippen LogP contribution in [0.25, 0.3) is 27.3 Å². The Morgan fingerprint density at radius 2 is 1.59 bits per heavy atom. The van der Waals surface area contributed by atoms with Gasteiger partial charge in [0.15, 0.2) is 0 Å². The summed E-state index contributed by atoms with van der Waals surface area (Å²) >= 11 is 1.57. The summed E-state index contributed by atoms with van der Waals surface area (Å²) in [6.07, 6.45) is 1.18. The Hall–Kier alpha value is -5.53. The number of aliphatic hydroxyl groups is 1. The van der Waals surface area contributed by atoms with Crippen LogP contribution in [0.5, 0.6) is 0 Å². The van der Waals surface area contributed by atoms with Crippen LogP contribution in [0, 0.1) is 12.3 Å². The fraction of sp³-hybridized carbons (Fsp3) is 0.489. The summed E-state index contributed by atoms with van der Waals surface area (Å²) < 4.78 is 18.6. The van der Waals surface area contributed by atoms with Crippen LogP contribution < -0.4 is 15.5 Å². The number of aromatic nitrogens is 4. The predicted molar refractivity (Wildman–Crippen MR) is 238 cm³/mol. The van der Waals surface area contributed by atoms with Crippen molar-refractivity contribution < 1.29 is 38.5 Å². The van der Waals surface area contributed by atoms with Crippen molar-refractivity contribution in [2.24, 2.45) is 5.41 Å². The molecule has 2 fully saturated rings. The van der Waals surface area contributed by atoms with E-state index in [2.05, 4.69) is 25.5 Å². The quantitative estimate of drug-likeness (QED) is 0.116. The van der Waals surface area contributed by atoms with Crippen LogP contribution in [0.3, 0.4) is 0 Å². The highest BCUT2D eigenvalue weighted by Gasteiger charge is 2.44. The topological polar surface area (TPSA) is 193 Å². The molecule has 2 aliphatic rings. The SMILES string of the molecule is Cc1ncsc1-c1ccc(C(C)NC(=O)C2CC(O)CN2C(=O)C(NC(=O)COCCOCCOCC(=O)N2CCN(c3ccn4c(n3)nc3ccccc34)CC2)C(C)(C)C)cc1. The summed E-state index contributed by atoms with van der Waals surface area (Å²) in [6.45, 7) is 12.1. The Morgan fingerprint density at radius 1 is 0.889 bits per heavy atom. The maximum absolute atomic E-state index is 14.0. The lowest BCUT2D eigenvalue weighted by molar-refractivity contribution is -0.144. The number of hydrogen-bond donors (Lipinski definition) is 3. The van der Waals surface area contributed by atoms with Gasteiger partial charge in [-0.2, -0.15) is 4.98 Å². The van der Waals surface area contributed by atoms with Crippen LogP contribution in [-0.2, 0) is 33.4 Å². The largest absolute Gasteiger partial charge is 0.391 e. The lowest BCUT2D eigenvalue weighted by Gasteiger charge is -2.35. The van der Waals surface area contributed by atoms with E-state index < -0.39 is 35.4 Å². The van der Waals surface area contributed by atoms with Crippen molar-refractivity contribution in [1.82, 2.24) is 39.8 Å². The summed E-state index contributed by atoms with van der Waals surface area (Å²) in [5.74, 6) is 0.0487. The van der Waals surface area contributed by atoms with Gasteiger partial charge in [0.05, 0.1) is 65.7 Å². The minimum absolute atomic E-state index is 0.0272. The third-order valence-electron chi connectivity index (χ3n) is 11.4. The van der Waals surface area contributed by atoms with Gasteiger partial charge in [-0.15, -0.1) is 11.3 Å². The number of aryl methyl sites for hydroxylation is 1. The molecule has 4 atom stereocenters. The molecule has 5 heterocycles. The van der Waals surface area contributed by atoms with E-state index in [0.29, 0.717) is 32.0 Å². The predicted octanol–water partition coefficient (Wildman–Crippen LogP) is 3.38. The number of likely N-dealkylation sites (tertiary alicyclic amines) is 1. The molecule has 336 valence electrons. The first kappa shape index (κ1) is 45.5. The molecule has 0 radical (unpaired) electrons. The monoisotopic (exact) mass is 883 g/mol. The van der Waals surface area contributed by atoms with Crippen molar-refractivity contribution in [3.05, 3.63) is 77.6 Å². The number of amides is 4. The first-order valence-corrected chi connectivity index (χ1v) is 22.2.